The van der Waals surface area contributed by atoms with E-state index in [2.05, 4.69) is 10.3 Å². The first-order valence-electron chi connectivity index (χ1n) is 10.2. The van der Waals surface area contributed by atoms with Crippen molar-refractivity contribution in [1.82, 2.24) is 9.55 Å². The number of carbonyl (C=O) groups excluding carboxylic acids is 1. The van der Waals surface area contributed by atoms with Crippen molar-refractivity contribution in [1.29, 1.82) is 0 Å². The molecule has 12 heteroatoms. The Hall–Kier alpha value is -4.09. The summed E-state index contributed by atoms with van der Waals surface area (Å²) in [5, 5.41) is 2.37. The van der Waals surface area contributed by atoms with Crippen LogP contribution in [-0.4, -0.2) is 22.6 Å². The topological polar surface area (TPSA) is 56.1 Å². The van der Waals surface area contributed by atoms with Gasteiger partial charge in [-0.2, -0.15) is 26.3 Å². The number of rotatable bonds is 5. The first-order chi connectivity index (χ1) is 16.9. The Morgan fingerprint density at radius 1 is 0.944 bits per heavy atom. The minimum Gasteiger partial charge on any atom is -0.497 e. The molecule has 4 rings (SSSR count). The van der Waals surface area contributed by atoms with Crippen LogP contribution < -0.4 is 10.1 Å². The predicted molar refractivity (Wildman–Crippen MR) is 117 cm³/mol. The third-order valence-corrected chi connectivity index (χ3v) is 5.24. The summed E-state index contributed by atoms with van der Waals surface area (Å²) in [4.78, 5) is 16.2. The van der Waals surface area contributed by atoms with Gasteiger partial charge in [-0.05, 0) is 60.2 Å². The van der Waals surface area contributed by atoms with Gasteiger partial charge in [0.25, 0.3) is 5.91 Å². The number of hydrogen-bond donors (Lipinski definition) is 1. The summed E-state index contributed by atoms with van der Waals surface area (Å²) >= 11 is 0. The lowest BCUT2D eigenvalue weighted by Gasteiger charge is -2.13. The molecule has 5 nitrogen and oxygen atoms in total. The van der Waals surface area contributed by atoms with Gasteiger partial charge >= 0.3 is 12.4 Å². The number of anilines is 1. The van der Waals surface area contributed by atoms with Crippen LogP contribution in [0.15, 0.2) is 60.7 Å². The summed E-state index contributed by atoms with van der Waals surface area (Å²) in [7, 11) is 1.37. The second-order valence-electron chi connectivity index (χ2n) is 7.67. The Labute approximate surface area is 199 Å². The first-order valence-corrected chi connectivity index (χ1v) is 10.2. The third kappa shape index (κ3) is 4.97. The lowest BCUT2D eigenvalue weighted by Crippen LogP contribution is -2.15. The van der Waals surface area contributed by atoms with Crippen LogP contribution in [0, 0.1) is 0 Å². The van der Waals surface area contributed by atoms with E-state index in [-0.39, 0.29) is 28.0 Å². The number of benzene rings is 3. The molecule has 1 aromatic heterocycles. The van der Waals surface area contributed by atoms with Crippen LogP contribution >= 0.6 is 0 Å². The van der Waals surface area contributed by atoms with Crippen LogP contribution in [0.3, 0.4) is 0 Å². The van der Waals surface area contributed by atoms with E-state index in [4.69, 9.17) is 4.74 Å². The Bertz CT molecular complexity index is 1420. The zero-order valence-electron chi connectivity index (χ0n) is 18.3. The maximum absolute atomic E-state index is 13.7. The molecule has 3 aromatic carbocycles. The fourth-order valence-corrected chi connectivity index (χ4v) is 3.60. The summed E-state index contributed by atoms with van der Waals surface area (Å²) in [6.07, 6.45) is -9.56. The highest BCUT2D eigenvalue weighted by atomic mass is 19.4. The van der Waals surface area contributed by atoms with E-state index in [1.165, 1.54) is 49.6 Å². The molecule has 36 heavy (non-hydrogen) atoms. The van der Waals surface area contributed by atoms with E-state index in [0.29, 0.717) is 17.9 Å². The number of hydrogen-bond acceptors (Lipinski definition) is 3. The van der Waals surface area contributed by atoms with Crippen LogP contribution in [0.25, 0.3) is 16.7 Å². The molecular weight excluding hydrogens is 495 g/mol. The molecule has 1 heterocycles. The van der Waals surface area contributed by atoms with Gasteiger partial charge in [0.2, 0.25) is 5.82 Å². The minimum absolute atomic E-state index is 0.0484. The zero-order valence-corrected chi connectivity index (χ0v) is 18.3. The number of nitrogens with one attached hydrogen (secondary N) is 1. The molecule has 1 amide bonds. The maximum atomic E-state index is 13.7. The smallest absolute Gasteiger partial charge is 0.450 e. The molecule has 0 radical (unpaired) electrons. The molecule has 0 bridgehead atoms. The van der Waals surface area contributed by atoms with Crippen LogP contribution in [0.5, 0.6) is 5.75 Å². The van der Waals surface area contributed by atoms with Crippen molar-refractivity contribution in [3.05, 3.63) is 83.2 Å². The molecule has 0 aliphatic heterocycles. The Morgan fingerprint density at radius 2 is 1.64 bits per heavy atom. The van der Waals surface area contributed by atoms with Gasteiger partial charge in [0.1, 0.15) is 12.4 Å². The van der Waals surface area contributed by atoms with Gasteiger partial charge in [0.05, 0.1) is 23.7 Å². The lowest BCUT2D eigenvalue weighted by molar-refractivity contribution is -0.145. The fourth-order valence-electron chi connectivity index (χ4n) is 3.60. The Morgan fingerprint density at radius 3 is 2.22 bits per heavy atom. The average Bonchev–Trinajstić information content (AvgIpc) is 3.23. The van der Waals surface area contributed by atoms with E-state index in [9.17, 15) is 35.5 Å². The Kier molecular flexibility index (Phi) is 6.37. The maximum Gasteiger partial charge on any atom is 0.450 e. The number of halogens is 7. The van der Waals surface area contributed by atoms with Crippen molar-refractivity contribution < 1.29 is 40.3 Å². The van der Waals surface area contributed by atoms with Crippen LogP contribution in [0.4, 0.5) is 36.4 Å². The van der Waals surface area contributed by atoms with Crippen molar-refractivity contribution in [2.45, 2.75) is 19.0 Å². The monoisotopic (exact) mass is 511 g/mol. The van der Waals surface area contributed by atoms with E-state index in [1.54, 1.807) is 0 Å². The van der Waals surface area contributed by atoms with Crippen LogP contribution in [0.2, 0.25) is 0 Å². The zero-order chi connectivity index (χ0) is 26.3. The average molecular weight is 511 g/mol. The minimum atomic E-state index is -4.78. The van der Waals surface area contributed by atoms with Crippen molar-refractivity contribution in [2.24, 2.45) is 0 Å². The number of nitrogens with zero attached hydrogens (tertiary/aromatic N) is 2. The van der Waals surface area contributed by atoms with Gasteiger partial charge in [-0.1, -0.05) is 0 Å². The van der Waals surface area contributed by atoms with E-state index < -0.39 is 41.9 Å². The highest BCUT2D eigenvalue weighted by Gasteiger charge is 2.38. The second-order valence-corrected chi connectivity index (χ2v) is 7.67. The van der Waals surface area contributed by atoms with Crippen molar-refractivity contribution in [3.8, 4) is 11.4 Å². The van der Waals surface area contributed by atoms with Crippen LogP contribution in [0.1, 0.15) is 27.3 Å². The molecule has 0 aliphatic rings. The van der Waals surface area contributed by atoms with E-state index in [0.717, 1.165) is 10.6 Å². The molecular formula is C24H16F7N3O2. The molecule has 188 valence electrons. The molecule has 1 N–H and O–H groups in total. The van der Waals surface area contributed by atoms with Gasteiger partial charge in [-0.3, -0.25) is 9.36 Å². The van der Waals surface area contributed by atoms with Crippen molar-refractivity contribution in [2.75, 3.05) is 12.4 Å². The van der Waals surface area contributed by atoms with E-state index in [1.807, 2.05) is 0 Å². The third-order valence-electron chi connectivity index (χ3n) is 5.24. The van der Waals surface area contributed by atoms with Gasteiger partial charge in [0, 0.05) is 23.0 Å². The fraction of sp³-hybridized carbons (Fsp3) is 0.167. The summed E-state index contributed by atoms with van der Waals surface area (Å²) in [6.45, 7) is -1.20. The second kappa shape index (κ2) is 9.17. The Balaban J connectivity index is 1.66. The van der Waals surface area contributed by atoms with Gasteiger partial charge in [0.15, 0.2) is 0 Å². The van der Waals surface area contributed by atoms with Crippen molar-refractivity contribution >= 4 is 22.6 Å². The molecule has 0 saturated heterocycles. The van der Waals surface area contributed by atoms with E-state index >= 15 is 0 Å². The number of ether oxygens (including phenoxy) is 1. The predicted octanol–water partition coefficient (Wildman–Crippen LogP) is 6.79. The summed E-state index contributed by atoms with van der Waals surface area (Å²) in [6, 6.07) is 11.6. The number of amides is 1. The summed E-state index contributed by atoms with van der Waals surface area (Å²) in [5.74, 6) is -1.80. The lowest BCUT2D eigenvalue weighted by atomic mass is 10.1. The summed E-state index contributed by atoms with van der Waals surface area (Å²) < 4.78 is 99.3. The molecule has 0 saturated carbocycles. The standard InChI is InChI=1S/C24H16F7N3O2/c1-36-18-6-7-20-19(11-18)33-22(24(29,30)31)34(20)17-4-2-16(3-5-17)32-21(35)14-8-13(12-25)9-15(10-14)23(26,27)28/h2-11H,12H2,1H3,(H,32,35). The number of carbonyl (C=O) groups is 1. The highest BCUT2D eigenvalue weighted by molar-refractivity contribution is 6.04. The molecule has 0 aliphatic carbocycles. The summed E-state index contributed by atoms with van der Waals surface area (Å²) in [5.41, 5.74) is -1.55. The first kappa shape index (κ1) is 25.0. The van der Waals surface area contributed by atoms with Crippen molar-refractivity contribution in [3.63, 3.8) is 0 Å². The molecule has 0 atom stereocenters. The molecule has 0 spiro atoms. The quantitative estimate of drug-likeness (QED) is 0.300. The molecule has 0 fully saturated rings. The molecule has 0 unspecified atom stereocenters. The molecule has 4 aromatic rings. The number of fused-ring (bicyclic) bond motifs is 1. The SMILES string of the molecule is COc1ccc2c(c1)nc(C(F)(F)F)n2-c1ccc(NC(=O)c2cc(CF)cc(C(F)(F)F)c2)cc1. The number of imidazole rings is 1. The normalized spacial score (nSPS) is 12.1. The van der Waals surface area contributed by atoms with Gasteiger partial charge in [-0.25, -0.2) is 9.37 Å². The number of alkyl halides is 7. The number of aromatic nitrogens is 2. The van der Waals surface area contributed by atoms with Crippen LogP contribution in [-0.2, 0) is 19.0 Å². The van der Waals surface area contributed by atoms with Gasteiger partial charge in [-0.15, -0.1) is 0 Å². The largest absolute Gasteiger partial charge is 0.497 e. The number of methoxy groups -OCH3 is 1. The highest BCUT2D eigenvalue weighted by Crippen LogP contribution is 2.35. The van der Waals surface area contributed by atoms with Gasteiger partial charge < -0.3 is 10.1 Å².